The summed E-state index contributed by atoms with van der Waals surface area (Å²) in [5.74, 6) is 1.91. The van der Waals surface area contributed by atoms with Crippen LogP contribution in [-0.2, 0) is 0 Å². The van der Waals surface area contributed by atoms with Gasteiger partial charge in [0.05, 0.1) is 6.20 Å². The molecule has 3 nitrogen and oxygen atoms in total. The maximum Gasteiger partial charge on any atom is 0.255 e. The van der Waals surface area contributed by atoms with E-state index in [0.29, 0.717) is 6.04 Å². The highest BCUT2D eigenvalue weighted by molar-refractivity contribution is 7.99. The Morgan fingerprint density at radius 1 is 1.47 bits per heavy atom. The first-order chi connectivity index (χ1) is 8.40. The molecular weight excluding hydrogens is 232 g/mol. The number of nitrogens with zero attached hydrogens (tertiary/aromatic N) is 1. The van der Waals surface area contributed by atoms with Crippen molar-refractivity contribution in [2.45, 2.75) is 50.3 Å². The highest BCUT2D eigenvalue weighted by atomic mass is 32.2. The Balaban J connectivity index is 1.82. The van der Waals surface area contributed by atoms with Crippen molar-refractivity contribution in [3.05, 3.63) is 12.5 Å². The third-order valence-electron chi connectivity index (χ3n) is 3.48. The van der Waals surface area contributed by atoms with Gasteiger partial charge in [0.15, 0.2) is 0 Å². The van der Waals surface area contributed by atoms with Crippen LogP contribution in [-0.4, -0.2) is 23.3 Å². The average Bonchev–Trinajstić information content (AvgIpc) is 2.88. The maximum atomic E-state index is 5.27. The average molecular weight is 254 g/mol. The van der Waals surface area contributed by atoms with Crippen LogP contribution in [0, 0.1) is 5.92 Å². The van der Waals surface area contributed by atoms with Crippen molar-refractivity contribution in [3.8, 4) is 0 Å². The first kappa shape index (κ1) is 13.0. The Morgan fingerprint density at radius 2 is 2.29 bits per heavy atom. The first-order valence-electron chi connectivity index (χ1n) is 6.66. The lowest BCUT2D eigenvalue weighted by Crippen LogP contribution is -2.39. The van der Waals surface area contributed by atoms with Crippen LogP contribution >= 0.6 is 11.8 Å². The number of hydrogen-bond acceptors (Lipinski definition) is 4. The maximum absolute atomic E-state index is 5.27. The Hall–Kier alpha value is -0.480. The minimum atomic E-state index is 0.609. The van der Waals surface area contributed by atoms with Crippen LogP contribution < -0.4 is 5.32 Å². The van der Waals surface area contributed by atoms with Gasteiger partial charge in [0.25, 0.3) is 5.22 Å². The van der Waals surface area contributed by atoms with Crippen molar-refractivity contribution >= 4 is 11.8 Å². The highest BCUT2D eigenvalue weighted by Crippen LogP contribution is 2.29. The molecule has 1 aliphatic carbocycles. The molecule has 1 atom stereocenters. The summed E-state index contributed by atoms with van der Waals surface area (Å²) in [7, 11) is 0. The highest BCUT2D eigenvalue weighted by Gasteiger charge is 2.23. The summed E-state index contributed by atoms with van der Waals surface area (Å²) in [5, 5.41) is 4.42. The Kier molecular flexibility index (Phi) is 5.39. The second kappa shape index (κ2) is 7.07. The number of hydrogen-bond donors (Lipinski definition) is 1. The molecule has 1 heterocycles. The molecule has 0 aliphatic heterocycles. The minimum Gasteiger partial charge on any atom is -0.440 e. The lowest BCUT2D eigenvalue weighted by atomic mass is 9.84. The molecule has 1 aromatic rings. The van der Waals surface area contributed by atoms with Crippen LogP contribution in [0.1, 0.15) is 39.0 Å². The van der Waals surface area contributed by atoms with Crippen LogP contribution in [0.15, 0.2) is 22.1 Å². The molecular formula is C13H22N2OS. The molecule has 1 aromatic heterocycles. The number of oxazole rings is 1. The third-order valence-corrected chi connectivity index (χ3v) is 4.46. The predicted octanol–water partition coefficient (Wildman–Crippen LogP) is 3.33. The van der Waals surface area contributed by atoms with Gasteiger partial charge in [0.2, 0.25) is 0 Å². The summed E-state index contributed by atoms with van der Waals surface area (Å²) >= 11 is 1.73. The fraction of sp³-hybridized carbons (Fsp3) is 0.769. The summed E-state index contributed by atoms with van der Waals surface area (Å²) in [6.45, 7) is 3.24. The standard InChI is InChI=1S/C13H22N2OS/c1-2-14-12(11-6-4-3-5-7-11)10-17-13-15-8-9-16-13/h8-9,11-12,14H,2-7,10H2,1H3. The largest absolute Gasteiger partial charge is 0.440 e. The van der Waals surface area contributed by atoms with Gasteiger partial charge >= 0.3 is 0 Å². The Labute approximate surface area is 108 Å². The number of thioether (sulfide) groups is 1. The molecule has 0 amide bonds. The van der Waals surface area contributed by atoms with Crippen LogP contribution in [0.5, 0.6) is 0 Å². The van der Waals surface area contributed by atoms with E-state index in [1.165, 1.54) is 32.1 Å². The van der Waals surface area contributed by atoms with Crippen molar-refractivity contribution in [3.63, 3.8) is 0 Å². The molecule has 1 unspecified atom stereocenters. The monoisotopic (exact) mass is 254 g/mol. The fourth-order valence-electron chi connectivity index (χ4n) is 2.60. The van der Waals surface area contributed by atoms with Crippen molar-refractivity contribution in [2.24, 2.45) is 5.92 Å². The second-order valence-corrected chi connectivity index (χ2v) is 5.64. The van der Waals surface area contributed by atoms with Gasteiger partial charge in [-0.25, -0.2) is 4.98 Å². The van der Waals surface area contributed by atoms with E-state index in [4.69, 9.17) is 4.42 Å². The molecule has 0 spiro atoms. The SMILES string of the molecule is CCNC(CSc1ncco1)C1CCCCC1. The van der Waals surface area contributed by atoms with E-state index in [1.807, 2.05) is 0 Å². The summed E-state index contributed by atoms with van der Waals surface area (Å²) < 4.78 is 5.27. The van der Waals surface area contributed by atoms with Crippen LogP contribution in [0.2, 0.25) is 0 Å². The molecule has 1 N–H and O–H groups in total. The van der Waals surface area contributed by atoms with Crippen LogP contribution in [0.3, 0.4) is 0 Å². The number of aromatic nitrogens is 1. The summed E-state index contributed by atoms with van der Waals surface area (Å²) in [6, 6.07) is 0.609. The molecule has 2 rings (SSSR count). The fourth-order valence-corrected chi connectivity index (χ4v) is 3.57. The smallest absolute Gasteiger partial charge is 0.255 e. The lowest BCUT2D eigenvalue weighted by molar-refractivity contribution is 0.287. The molecule has 1 saturated carbocycles. The number of rotatable bonds is 6. The quantitative estimate of drug-likeness (QED) is 0.790. The molecule has 1 fully saturated rings. The van der Waals surface area contributed by atoms with E-state index in [0.717, 1.165) is 23.4 Å². The zero-order valence-corrected chi connectivity index (χ0v) is 11.3. The Morgan fingerprint density at radius 3 is 2.94 bits per heavy atom. The normalized spacial score (nSPS) is 19.4. The Bertz CT molecular complexity index is 296. The molecule has 0 radical (unpaired) electrons. The van der Waals surface area contributed by atoms with Gasteiger partial charge in [-0.3, -0.25) is 0 Å². The van der Waals surface area contributed by atoms with E-state index in [-0.39, 0.29) is 0 Å². The zero-order chi connectivity index (χ0) is 11.9. The van der Waals surface area contributed by atoms with E-state index < -0.39 is 0 Å². The minimum absolute atomic E-state index is 0.609. The summed E-state index contributed by atoms with van der Waals surface area (Å²) in [4.78, 5) is 4.16. The van der Waals surface area contributed by atoms with Gasteiger partial charge in [0, 0.05) is 11.8 Å². The molecule has 1 aliphatic rings. The molecule has 4 heteroatoms. The van der Waals surface area contributed by atoms with Crippen LogP contribution in [0.25, 0.3) is 0 Å². The number of nitrogens with one attached hydrogen (secondary N) is 1. The third kappa shape index (κ3) is 4.03. The molecule has 0 aromatic carbocycles. The van der Waals surface area contributed by atoms with Gasteiger partial charge in [-0.15, -0.1) is 0 Å². The topological polar surface area (TPSA) is 38.1 Å². The van der Waals surface area contributed by atoms with Gasteiger partial charge in [0.1, 0.15) is 6.26 Å². The van der Waals surface area contributed by atoms with E-state index in [9.17, 15) is 0 Å². The first-order valence-corrected chi connectivity index (χ1v) is 7.64. The van der Waals surface area contributed by atoms with Crippen molar-refractivity contribution in [1.82, 2.24) is 10.3 Å². The van der Waals surface area contributed by atoms with Gasteiger partial charge in [-0.1, -0.05) is 37.9 Å². The van der Waals surface area contributed by atoms with Crippen molar-refractivity contribution in [1.29, 1.82) is 0 Å². The molecule has 96 valence electrons. The lowest BCUT2D eigenvalue weighted by Gasteiger charge is -2.30. The second-order valence-electron chi connectivity index (χ2n) is 4.67. The predicted molar refractivity (Wildman–Crippen MR) is 71.3 cm³/mol. The van der Waals surface area contributed by atoms with Crippen LogP contribution in [0.4, 0.5) is 0 Å². The van der Waals surface area contributed by atoms with Crippen molar-refractivity contribution < 1.29 is 4.42 Å². The van der Waals surface area contributed by atoms with E-state index in [1.54, 1.807) is 24.2 Å². The summed E-state index contributed by atoms with van der Waals surface area (Å²) in [5.41, 5.74) is 0. The van der Waals surface area contributed by atoms with Gasteiger partial charge in [-0.05, 0) is 25.3 Å². The molecule has 0 bridgehead atoms. The van der Waals surface area contributed by atoms with E-state index >= 15 is 0 Å². The summed E-state index contributed by atoms with van der Waals surface area (Å²) in [6.07, 6.45) is 10.3. The van der Waals surface area contributed by atoms with Gasteiger partial charge in [-0.2, -0.15) is 0 Å². The zero-order valence-electron chi connectivity index (χ0n) is 10.5. The van der Waals surface area contributed by atoms with E-state index in [2.05, 4.69) is 17.2 Å². The van der Waals surface area contributed by atoms with Gasteiger partial charge < -0.3 is 9.73 Å². The molecule has 0 saturated heterocycles. The van der Waals surface area contributed by atoms with Crippen molar-refractivity contribution in [2.75, 3.05) is 12.3 Å². The molecule has 17 heavy (non-hydrogen) atoms.